The number of carbonyl (C=O) groups is 2. The van der Waals surface area contributed by atoms with E-state index in [1.54, 1.807) is 4.90 Å². The standard InChI is InChI=1S/C15H20N2O2/c18-14-12-10-3-4-11(9-10)13(12)15(19)17(14)8-7-16-5-1-2-6-16/h3-4,10-13H,1-2,5-9H2/t10-,11-,12-,13+/m0/s1. The quantitative estimate of drug-likeness (QED) is 0.559. The first-order chi connectivity index (χ1) is 9.25. The van der Waals surface area contributed by atoms with Gasteiger partial charge in [0, 0.05) is 13.1 Å². The monoisotopic (exact) mass is 260 g/mol. The van der Waals surface area contributed by atoms with E-state index in [0.29, 0.717) is 18.4 Å². The summed E-state index contributed by atoms with van der Waals surface area (Å²) in [6.45, 7) is 3.70. The fourth-order valence-corrected chi connectivity index (χ4v) is 4.43. The van der Waals surface area contributed by atoms with Gasteiger partial charge >= 0.3 is 0 Å². The maximum Gasteiger partial charge on any atom is 0.233 e. The molecule has 19 heavy (non-hydrogen) atoms. The average molecular weight is 260 g/mol. The molecule has 4 atom stereocenters. The maximum atomic E-state index is 12.4. The molecule has 2 amide bonds. The van der Waals surface area contributed by atoms with Crippen LogP contribution in [0.15, 0.2) is 12.2 Å². The van der Waals surface area contributed by atoms with Crippen LogP contribution in [0.25, 0.3) is 0 Å². The Labute approximate surface area is 113 Å². The predicted molar refractivity (Wildman–Crippen MR) is 70.1 cm³/mol. The van der Waals surface area contributed by atoms with Crippen molar-refractivity contribution in [3.05, 3.63) is 12.2 Å². The van der Waals surface area contributed by atoms with Crippen LogP contribution in [0, 0.1) is 23.7 Å². The summed E-state index contributed by atoms with van der Waals surface area (Å²) in [4.78, 5) is 28.8. The van der Waals surface area contributed by atoms with Crippen LogP contribution in [0.4, 0.5) is 0 Å². The zero-order valence-corrected chi connectivity index (χ0v) is 11.1. The van der Waals surface area contributed by atoms with Crippen molar-refractivity contribution in [2.75, 3.05) is 26.2 Å². The zero-order valence-electron chi connectivity index (χ0n) is 11.1. The van der Waals surface area contributed by atoms with Crippen LogP contribution in [-0.4, -0.2) is 47.8 Å². The Hall–Kier alpha value is -1.16. The van der Waals surface area contributed by atoms with Gasteiger partial charge in [-0.05, 0) is 44.2 Å². The molecule has 0 spiro atoms. The van der Waals surface area contributed by atoms with Crippen molar-refractivity contribution in [3.63, 3.8) is 0 Å². The smallest absolute Gasteiger partial charge is 0.233 e. The Bertz CT molecular complexity index is 423. The van der Waals surface area contributed by atoms with Crippen LogP contribution in [-0.2, 0) is 9.59 Å². The van der Waals surface area contributed by atoms with E-state index in [1.165, 1.54) is 12.8 Å². The number of nitrogens with zero attached hydrogens (tertiary/aromatic N) is 2. The fraction of sp³-hybridized carbons (Fsp3) is 0.733. The number of hydrogen-bond acceptors (Lipinski definition) is 3. The van der Waals surface area contributed by atoms with E-state index >= 15 is 0 Å². The number of likely N-dealkylation sites (tertiary alicyclic amines) is 2. The van der Waals surface area contributed by atoms with Gasteiger partial charge in [-0.25, -0.2) is 0 Å². The van der Waals surface area contributed by atoms with E-state index in [-0.39, 0.29) is 23.7 Å². The van der Waals surface area contributed by atoms with Crippen molar-refractivity contribution in [2.24, 2.45) is 23.7 Å². The lowest BCUT2D eigenvalue weighted by Gasteiger charge is -2.21. The van der Waals surface area contributed by atoms with Crippen LogP contribution < -0.4 is 0 Å². The molecule has 4 nitrogen and oxygen atoms in total. The van der Waals surface area contributed by atoms with Crippen LogP contribution in [0.2, 0.25) is 0 Å². The lowest BCUT2D eigenvalue weighted by atomic mass is 9.85. The van der Waals surface area contributed by atoms with Gasteiger partial charge in [0.05, 0.1) is 11.8 Å². The van der Waals surface area contributed by atoms with Crippen molar-refractivity contribution in [3.8, 4) is 0 Å². The Balaban J connectivity index is 1.46. The third kappa shape index (κ3) is 1.62. The Morgan fingerprint density at radius 1 is 0.947 bits per heavy atom. The van der Waals surface area contributed by atoms with Crippen molar-refractivity contribution in [1.82, 2.24) is 9.80 Å². The Morgan fingerprint density at radius 2 is 1.53 bits per heavy atom. The molecule has 2 aliphatic heterocycles. The molecule has 0 radical (unpaired) electrons. The molecule has 0 aromatic rings. The van der Waals surface area contributed by atoms with Crippen molar-refractivity contribution < 1.29 is 9.59 Å². The average Bonchev–Trinajstić information content (AvgIpc) is 3.14. The van der Waals surface area contributed by atoms with E-state index in [0.717, 1.165) is 26.1 Å². The number of rotatable bonds is 3. The summed E-state index contributed by atoms with van der Waals surface area (Å²) in [5.41, 5.74) is 0. The molecule has 102 valence electrons. The number of hydrogen-bond donors (Lipinski definition) is 0. The maximum absolute atomic E-state index is 12.4. The highest BCUT2D eigenvalue weighted by Crippen LogP contribution is 2.52. The molecule has 2 heterocycles. The fourth-order valence-electron chi connectivity index (χ4n) is 4.43. The highest BCUT2D eigenvalue weighted by atomic mass is 16.2. The van der Waals surface area contributed by atoms with Crippen LogP contribution in [0.1, 0.15) is 19.3 Å². The number of carbonyl (C=O) groups excluding carboxylic acids is 2. The molecule has 1 saturated carbocycles. The van der Waals surface area contributed by atoms with Gasteiger partial charge in [0.15, 0.2) is 0 Å². The minimum atomic E-state index is -0.0268. The zero-order chi connectivity index (χ0) is 13.0. The van der Waals surface area contributed by atoms with Gasteiger partial charge in [0.25, 0.3) is 0 Å². The van der Waals surface area contributed by atoms with E-state index in [9.17, 15) is 9.59 Å². The second-order valence-electron chi connectivity index (χ2n) is 6.38. The largest absolute Gasteiger partial charge is 0.302 e. The van der Waals surface area contributed by atoms with Crippen LogP contribution >= 0.6 is 0 Å². The number of fused-ring (bicyclic) bond motifs is 5. The molecule has 4 rings (SSSR count). The molecular weight excluding hydrogens is 240 g/mol. The first-order valence-corrected chi connectivity index (χ1v) is 7.51. The van der Waals surface area contributed by atoms with E-state index < -0.39 is 0 Å². The molecule has 0 aromatic heterocycles. The van der Waals surface area contributed by atoms with Gasteiger partial charge < -0.3 is 4.90 Å². The third-order valence-corrected chi connectivity index (χ3v) is 5.40. The summed E-state index contributed by atoms with van der Waals surface area (Å²) in [7, 11) is 0. The van der Waals surface area contributed by atoms with E-state index in [2.05, 4.69) is 17.1 Å². The summed E-state index contributed by atoms with van der Waals surface area (Å²) in [6, 6.07) is 0. The SMILES string of the molecule is O=C1[C@@H]2[C@H](C(=O)N1CCN1CCCC1)[C@H]1C=C[C@H]2C1. The Kier molecular flexibility index (Phi) is 2.56. The van der Waals surface area contributed by atoms with Gasteiger partial charge in [0.2, 0.25) is 11.8 Å². The number of imide groups is 1. The highest BCUT2D eigenvalue weighted by Gasteiger charge is 2.58. The summed E-state index contributed by atoms with van der Waals surface area (Å²) in [6.07, 6.45) is 7.83. The molecule has 2 bridgehead atoms. The van der Waals surface area contributed by atoms with Gasteiger partial charge in [-0.2, -0.15) is 0 Å². The summed E-state index contributed by atoms with van der Waals surface area (Å²) < 4.78 is 0. The number of allylic oxidation sites excluding steroid dienone is 2. The van der Waals surface area contributed by atoms with Crippen molar-refractivity contribution >= 4 is 11.8 Å². The Morgan fingerprint density at radius 3 is 2.11 bits per heavy atom. The predicted octanol–water partition coefficient (Wildman–Crippen LogP) is 0.889. The van der Waals surface area contributed by atoms with Gasteiger partial charge in [-0.3, -0.25) is 14.5 Å². The molecule has 0 aromatic carbocycles. The minimum Gasteiger partial charge on any atom is -0.302 e. The summed E-state index contributed by atoms with van der Waals surface area (Å²) in [5, 5.41) is 0. The molecule has 0 N–H and O–H groups in total. The van der Waals surface area contributed by atoms with E-state index in [4.69, 9.17) is 0 Å². The second-order valence-corrected chi connectivity index (χ2v) is 6.38. The highest BCUT2D eigenvalue weighted by molar-refractivity contribution is 6.06. The minimum absolute atomic E-state index is 0.0268. The first-order valence-electron chi connectivity index (χ1n) is 7.51. The summed E-state index contributed by atoms with van der Waals surface area (Å²) >= 11 is 0. The van der Waals surface area contributed by atoms with Crippen LogP contribution in [0.5, 0.6) is 0 Å². The van der Waals surface area contributed by atoms with Gasteiger partial charge in [0.1, 0.15) is 0 Å². The molecule has 3 fully saturated rings. The van der Waals surface area contributed by atoms with Crippen molar-refractivity contribution in [2.45, 2.75) is 19.3 Å². The van der Waals surface area contributed by atoms with Gasteiger partial charge in [-0.1, -0.05) is 12.2 Å². The van der Waals surface area contributed by atoms with Gasteiger partial charge in [-0.15, -0.1) is 0 Å². The molecule has 0 unspecified atom stereocenters. The third-order valence-electron chi connectivity index (χ3n) is 5.40. The second kappa shape index (κ2) is 4.17. The van der Waals surface area contributed by atoms with E-state index in [1.807, 2.05) is 0 Å². The summed E-state index contributed by atoms with van der Waals surface area (Å²) in [5.74, 6) is 0.825. The lowest BCUT2D eigenvalue weighted by molar-refractivity contribution is -0.140. The van der Waals surface area contributed by atoms with Crippen molar-refractivity contribution in [1.29, 1.82) is 0 Å². The number of amides is 2. The lowest BCUT2D eigenvalue weighted by Crippen LogP contribution is -2.39. The molecule has 4 heteroatoms. The molecule has 4 aliphatic rings. The van der Waals surface area contributed by atoms with Crippen LogP contribution in [0.3, 0.4) is 0 Å². The molecule has 2 saturated heterocycles. The normalized spacial score (nSPS) is 40.7. The molecule has 2 aliphatic carbocycles. The topological polar surface area (TPSA) is 40.6 Å². The first kappa shape index (κ1) is 11.6. The molecular formula is C15H20N2O2.